The Kier molecular flexibility index (Phi) is 4.24. The molecule has 0 saturated carbocycles. The van der Waals surface area contributed by atoms with Crippen molar-refractivity contribution in [1.82, 2.24) is 5.32 Å². The van der Waals surface area contributed by atoms with Gasteiger partial charge in [0, 0.05) is 10.3 Å². The summed E-state index contributed by atoms with van der Waals surface area (Å²) in [5, 5.41) is 13.6. The molecule has 1 aliphatic rings. The quantitative estimate of drug-likeness (QED) is 0.891. The molecule has 19 heavy (non-hydrogen) atoms. The molecule has 1 amide bonds. The average molecular weight is 281 g/mol. The van der Waals surface area contributed by atoms with E-state index >= 15 is 0 Å². The van der Waals surface area contributed by atoms with Gasteiger partial charge in [-0.1, -0.05) is 13.8 Å². The first-order chi connectivity index (χ1) is 9.00. The monoisotopic (exact) mass is 281 g/mol. The molecule has 1 aromatic heterocycles. The van der Waals surface area contributed by atoms with Crippen molar-refractivity contribution in [3.05, 3.63) is 21.4 Å². The van der Waals surface area contributed by atoms with E-state index in [1.54, 1.807) is 25.2 Å². The predicted molar refractivity (Wildman–Crippen MR) is 74.7 cm³/mol. The van der Waals surface area contributed by atoms with Gasteiger partial charge in [-0.15, -0.1) is 11.3 Å². The number of carboxylic acid groups (broad SMARTS) is 1. The topological polar surface area (TPSA) is 66.4 Å². The zero-order valence-corrected chi connectivity index (χ0v) is 12.0. The Hall–Kier alpha value is -1.36. The third kappa shape index (κ3) is 2.97. The van der Waals surface area contributed by atoms with Crippen molar-refractivity contribution >= 4 is 23.2 Å². The van der Waals surface area contributed by atoms with Gasteiger partial charge in [0.2, 0.25) is 0 Å². The summed E-state index contributed by atoms with van der Waals surface area (Å²) >= 11 is 1.62. The van der Waals surface area contributed by atoms with Crippen LogP contribution in [0.1, 0.15) is 47.5 Å². The molecular weight excluding hydrogens is 262 g/mol. The molecule has 0 unspecified atom stereocenters. The lowest BCUT2D eigenvalue weighted by Crippen LogP contribution is -2.44. The normalized spacial score (nSPS) is 15.9. The Bertz CT molecular complexity index is 493. The first-order valence-electron chi connectivity index (χ1n) is 6.63. The van der Waals surface area contributed by atoms with Crippen LogP contribution in [0.3, 0.4) is 0 Å². The van der Waals surface area contributed by atoms with E-state index in [-0.39, 0.29) is 11.8 Å². The van der Waals surface area contributed by atoms with E-state index in [0.717, 1.165) is 24.8 Å². The van der Waals surface area contributed by atoms with Gasteiger partial charge in [-0.2, -0.15) is 0 Å². The average Bonchev–Trinajstić information content (AvgIpc) is 2.78. The third-order valence-corrected chi connectivity index (χ3v) is 4.61. The van der Waals surface area contributed by atoms with E-state index in [0.29, 0.717) is 5.56 Å². The Morgan fingerprint density at radius 1 is 1.32 bits per heavy atom. The lowest BCUT2D eigenvalue weighted by Gasteiger charge is -2.19. The molecule has 0 radical (unpaired) electrons. The van der Waals surface area contributed by atoms with Gasteiger partial charge < -0.3 is 10.4 Å². The first-order valence-corrected chi connectivity index (χ1v) is 7.51. The van der Waals surface area contributed by atoms with Gasteiger partial charge in [0.25, 0.3) is 5.91 Å². The van der Waals surface area contributed by atoms with Crippen molar-refractivity contribution in [2.24, 2.45) is 5.92 Å². The summed E-state index contributed by atoms with van der Waals surface area (Å²) in [4.78, 5) is 24.6. The summed E-state index contributed by atoms with van der Waals surface area (Å²) in [6, 6.07) is -0.827. The van der Waals surface area contributed by atoms with E-state index in [9.17, 15) is 9.59 Å². The highest BCUT2D eigenvalue weighted by atomic mass is 32.1. The van der Waals surface area contributed by atoms with Crippen molar-refractivity contribution in [1.29, 1.82) is 0 Å². The number of hydrogen-bond donors (Lipinski definition) is 2. The van der Waals surface area contributed by atoms with Gasteiger partial charge in [0.1, 0.15) is 6.04 Å². The molecule has 1 aromatic rings. The minimum atomic E-state index is -0.979. The van der Waals surface area contributed by atoms with Gasteiger partial charge >= 0.3 is 5.97 Å². The van der Waals surface area contributed by atoms with Crippen LogP contribution in [0.15, 0.2) is 5.38 Å². The maximum atomic E-state index is 12.2. The maximum Gasteiger partial charge on any atom is 0.326 e. The molecule has 0 spiro atoms. The van der Waals surface area contributed by atoms with Gasteiger partial charge in [-0.25, -0.2) is 4.79 Å². The SMILES string of the molecule is CC(C)[C@@H](NC(=O)c1csc2c1CCCC2)C(=O)O. The van der Waals surface area contributed by atoms with Crippen molar-refractivity contribution < 1.29 is 14.7 Å². The molecule has 4 nitrogen and oxygen atoms in total. The lowest BCUT2D eigenvalue weighted by molar-refractivity contribution is -0.140. The number of aliphatic carboxylic acids is 1. The second-order valence-corrected chi connectivity index (χ2v) is 6.26. The summed E-state index contributed by atoms with van der Waals surface area (Å²) in [7, 11) is 0. The number of nitrogens with one attached hydrogen (secondary N) is 1. The molecule has 0 aromatic carbocycles. The number of hydrogen-bond acceptors (Lipinski definition) is 3. The molecule has 2 N–H and O–H groups in total. The minimum absolute atomic E-state index is 0.129. The lowest BCUT2D eigenvalue weighted by atomic mass is 9.95. The van der Waals surface area contributed by atoms with Crippen molar-refractivity contribution in [3.63, 3.8) is 0 Å². The summed E-state index contributed by atoms with van der Waals surface area (Å²) in [5.41, 5.74) is 1.80. The Morgan fingerprint density at radius 2 is 2.00 bits per heavy atom. The van der Waals surface area contributed by atoms with Crippen LogP contribution in [0.25, 0.3) is 0 Å². The number of aryl methyl sites for hydroxylation is 1. The van der Waals surface area contributed by atoms with Crippen LogP contribution >= 0.6 is 11.3 Å². The fourth-order valence-electron chi connectivity index (χ4n) is 2.42. The van der Waals surface area contributed by atoms with E-state index in [1.165, 1.54) is 11.3 Å². The van der Waals surface area contributed by atoms with Crippen molar-refractivity contribution in [2.45, 2.75) is 45.6 Å². The predicted octanol–water partition coefficient (Wildman–Crippen LogP) is 2.47. The number of carbonyl (C=O) groups excluding carboxylic acids is 1. The minimum Gasteiger partial charge on any atom is -0.480 e. The van der Waals surface area contributed by atoms with Crippen LogP contribution in [0.5, 0.6) is 0 Å². The molecule has 104 valence electrons. The van der Waals surface area contributed by atoms with Crippen LogP contribution in [0.2, 0.25) is 0 Å². The summed E-state index contributed by atoms with van der Waals surface area (Å²) in [6.45, 7) is 3.59. The van der Waals surface area contributed by atoms with Crippen LogP contribution in [0.4, 0.5) is 0 Å². The zero-order valence-electron chi connectivity index (χ0n) is 11.2. The zero-order chi connectivity index (χ0) is 14.0. The molecule has 5 heteroatoms. The standard InChI is InChI=1S/C14H19NO3S/c1-8(2)12(14(17)18)15-13(16)10-7-19-11-6-4-3-5-9(10)11/h7-8,12H,3-6H2,1-2H3,(H,15,16)(H,17,18)/t12-/m1/s1. The highest BCUT2D eigenvalue weighted by Gasteiger charge is 2.26. The van der Waals surface area contributed by atoms with Crippen molar-refractivity contribution in [2.75, 3.05) is 0 Å². The summed E-state index contributed by atoms with van der Waals surface area (Å²) in [6.07, 6.45) is 4.26. The molecule has 1 heterocycles. The second-order valence-electron chi connectivity index (χ2n) is 5.29. The number of thiophene rings is 1. The smallest absolute Gasteiger partial charge is 0.326 e. The Labute approximate surface area is 116 Å². The Balaban J connectivity index is 2.16. The van der Waals surface area contributed by atoms with E-state index < -0.39 is 12.0 Å². The first kappa shape index (κ1) is 14.1. The largest absolute Gasteiger partial charge is 0.480 e. The molecule has 0 fully saturated rings. The van der Waals surface area contributed by atoms with E-state index in [4.69, 9.17) is 5.11 Å². The number of fused-ring (bicyclic) bond motifs is 1. The molecule has 0 aliphatic heterocycles. The Morgan fingerprint density at radius 3 is 2.63 bits per heavy atom. The third-order valence-electron chi connectivity index (χ3n) is 3.53. The molecule has 1 aliphatic carbocycles. The van der Waals surface area contributed by atoms with Gasteiger partial charge in [-0.3, -0.25) is 4.79 Å². The van der Waals surface area contributed by atoms with Crippen molar-refractivity contribution in [3.8, 4) is 0 Å². The van der Waals surface area contributed by atoms with Gasteiger partial charge in [-0.05, 0) is 37.2 Å². The summed E-state index contributed by atoms with van der Waals surface area (Å²) in [5.74, 6) is -1.36. The highest BCUT2D eigenvalue weighted by Crippen LogP contribution is 2.30. The van der Waals surface area contributed by atoms with E-state index in [1.807, 2.05) is 5.38 Å². The van der Waals surface area contributed by atoms with Crippen LogP contribution < -0.4 is 5.32 Å². The number of rotatable bonds is 4. The molecule has 0 saturated heterocycles. The number of amides is 1. The number of carbonyl (C=O) groups is 2. The van der Waals surface area contributed by atoms with Crippen LogP contribution in [-0.2, 0) is 17.6 Å². The van der Waals surface area contributed by atoms with Gasteiger partial charge in [0.15, 0.2) is 0 Å². The fourth-order valence-corrected chi connectivity index (χ4v) is 3.54. The highest BCUT2D eigenvalue weighted by molar-refractivity contribution is 7.10. The van der Waals surface area contributed by atoms with E-state index in [2.05, 4.69) is 5.32 Å². The number of carboxylic acids is 1. The second kappa shape index (κ2) is 5.74. The molecular formula is C14H19NO3S. The summed E-state index contributed by atoms with van der Waals surface area (Å²) < 4.78 is 0. The fraction of sp³-hybridized carbons (Fsp3) is 0.571. The maximum absolute atomic E-state index is 12.2. The van der Waals surface area contributed by atoms with Crippen LogP contribution in [-0.4, -0.2) is 23.0 Å². The molecule has 1 atom stereocenters. The van der Waals surface area contributed by atoms with Gasteiger partial charge in [0.05, 0.1) is 5.56 Å². The molecule has 2 rings (SSSR count). The molecule has 0 bridgehead atoms. The van der Waals surface area contributed by atoms with Crippen LogP contribution in [0, 0.1) is 5.92 Å².